The maximum atomic E-state index is 11.5. The van der Waals surface area contributed by atoms with Crippen LogP contribution in [0.4, 0.5) is 0 Å². The summed E-state index contributed by atoms with van der Waals surface area (Å²) < 4.78 is 29.7. The third-order valence-electron chi connectivity index (χ3n) is 3.76. The van der Waals surface area contributed by atoms with Gasteiger partial charge in [0.05, 0.1) is 6.61 Å². The molecule has 1 aliphatic carbocycles. The lowest BCUT2D eigenvalue weighted by molar-refractivity contribution is 0.182. The smallest absolute Gasteiger partial charge is 0.273 e. The zero-order valence-corrected chi connectivity index (χ0v) is 12.6. The van der Waals surface area contributed by atoms with Gasteiger partial charge in [0.1, 0.15) is 5.82 Å². The molecule has 0 bridgehead atoms. The van der Waals surface area contributed by atoms with Crippen LogP contribution in [0.3, 0.4) is 0 Å². The molecule has 1 aromatic heterocycles. The Kier molecular flexibility index (Phi) is 5.11. The molecule has 2 rings (SSSR count). The van der Waals surface area contributed by atoms with Gasteiger partial charge in [0, 0.05) is 20.1 Å². The van der Waals surface area contributed by atoms with E-state index in [4.69, 9.17) is 9.88 Å². The minimum atomic E-state index is -3.85. The van der Waals surface area contributed by atoms with E-state index in [1.54, 1.807) is 11.7 Å². The van der Waals surface area contributed by atoms with Gasteiger partial charge in [-0.1, -0.05) is 32.1 Å². The van der Waals surface area contributed by atoms with Gasteiger partial charge in [-0.05, 0) is 5.92 Å². The highest BCUT2D eigenvalue weighted by molar-refractivity contribution is 7.89. The van der Waals surface area contributed by atoms with E-state index >= 15 is 0 Å². The van der Waals surface area contributed by atoms with Gasteiger partial charge in [0.25, 0.3) is 15.2 Å². The molecule has 114 valence electrons. The van der Waals surface area contributed by atoms with Crippen LogP contribution in [0.25, 0.3) is 0 Å². The van der Waals surface area contributed by atoms with Crippen molar-refractivity contribution in [3.8, 4) is 0 Å². The van der Waals surface area contributed by atoms with Crippen molar-refractivity contribution in [2.24, 2.45) is 11.1 Å². The van der Waals surface area contributed by atoms with Crippen LogP contribution >= 0.6 is 0 Å². The number of primary sulfonamides is 1. The fraction of sp³-hybridized carbons (Fsp3) is 0.833. The van der Waals surface area contributed by atoms with Crippen LogP contribution in [0, 0.1) is 5.92 Å². The van der Waals surface area contributed by atoms with Crippen LogP contribution in [-0.4, -0.2) is 36.9 Å². The maximum Gasteiger partial charge on any atom is 0.273 e. The van der Waals surface area contributed by atoms with Gasteiger partial charge in [0.2, 0.25) is 0 Å². The summed E-state index contributed by atoms with van der Waals surface area (Å²) in [4.78, 5) is 0. The standard InChI is InChI=1S/C12H22N4O3S/c1-19-8-7-16-11(9-10-5-3-2-4-6-10)14-15-12(16)20(13,17)18/h10H,2-9H2,1H3,(H2,13,17,18). The first-order valence-corrected chi connectivity index (χ1v) is 8.51. The number of nitrogens with two attached hydrogens (primary N) is 1. The first-order chi connectivity index (χ1) is 9.52. The molecule has 0 unspecified atom stereocenters. The number of aromatic nitrogens is 3. The van der Waals surface area contributed by atoms with E-state index in [0.717, 1.165) is 6.42 Å². The molecule has 0 amide bonds. The fourth-order valence-corrected chi connectivity index (χ4v) is 3.40. The zero-order valence-electron chi connectivity index (χ0n) is 11.8. The Morgan fingerprint density at radius 2 is 2.00 bits per heavy atom. The summed E-state index contributed by atoms with van der Waals surface area (Å²) in [6, 6.07) is 0. The second-order valence-corrected chi connectivity index (χ2v) is 6.75. The molecular weight excluding hydrogens is 280 g/mol. The molecule has 1 aromatic rings. The van der Waals surface area contributed by atoms with Crippen molar-refractivity contribution < 1.29 is 13.2 Å². The first kappa shape index (κ1) is 15.4. The quantitative estimate of drug-likeness (QED) is 0.833. The minimum Gasteiger partial charge on any atom is -0.383 e. The zero-order chi connectivity index (χ0) is 14.6. The molecule has 0 spiro atoms. The summed E-state index contributed by atoms with van der Waals surface area (Å²) in [5, 5.41) is 12.8. The Morgan fingerprint density at radius 1 is 1.30 bits per heavy atom. The molecule has 0 aliphatic heterocycles. The molecule has 1 aliphatic rings. The molecule has 0 saturated heterocycles. The lowest BCUT2D eigenvalue weighted by Crippen LogP contribution is -2.22. The molecule has 0 radical (unpaired) electrons. The first-order valence-electron chi connectivity index (χ1n) is 6.96. The highest BCUT2D eigenvalue weighted by atomic mass is 32.2. The summed E-state index contributed by atoms with van der Waals surface area (Å²) in [5.41, 5.74) is 0. The summed E-state index contributed by atoms with van der Waals surface area (Å²) in [5.74, 6) is 1.25. The van der Waals surface area contributed by atoms with E-state index in [0.29, 0.717) is 24.9 Å². The Balaban J connectivity index is 2.20. The van der Waals surface area contributed by atoms with Gasteiger partial charge >= 0.3 is 0 Å². The molecular formula is C12H22N4O3S. The summed E-state index contributed by atoms with van der Waals surface area (Å²) in [6.07, 6.45) is 6.85. The number of sulfonamides is 1. The molecule has 0 atom stereocenters. The third kappa shape index (κ3) is 3.77. The summed E-state index contributed by atoms with van der Waals surface area (Å²) in [7, 11) is -2.28. The number of hydrogen-bond acceptors (Lipinski definition) is 5. The number of ether oxygens (including phenoxy) is 1. The number of methoxy groups -OCH3 is 1. The van der Waals surface area contributed by atoms with Crippen molar-refractivity contribution in [2.75, 3.05) is 13.7 Å². The van der Waals surface area contributed by atoms with Gasteiger partial charge in [-0.15, -0.1) is 10.2 Å². The van der Waals surface area contributed by atoms with Gasteiger partial charge < -0.3 is 4.74 Å². The Morgan fingerprint density at radius 3 is 2.60 bits per heavy atom. The Bertz CT molecular complexity index is 535. The number of hydrogen-bond donors (Lipinski definition) is 1. The summed E-state index contributed by atoms with van der Waals surface area (Å²) in [6.45, 7) is 0.801. The lowest BCUT2D eigenvalue weighted by Gasteiger charge is -2.21. The van der Waals surface area contributed by atoms with Crippen LogP contribution in [0.15, 0.2) is 5.16 Å². The fourth-order valence-electron chi connectivity index (χ4n) is 2.74. The SMILES string of the molecule is COCCn1c(CC2CCCCC2)nnc1S(N)(=O)=O. The molecule has 7 nitrogen and oxygen atoms in total. The highest BCUT2D eigenvalue weighted by Crippen LogP contribution is 2.26. The monoisotopic (exact) mass is 302 g/mol. The number of nitrogens with zero attached hydrogens (tertiary/aromatic N) is 3. The molecule has 1 fully saturated rings. The average Bonchev–Trinajstić information content (AvgIpc) is 2.80. The summed E-state index contributed by atoms with van der Waals surface area (Å²) >= 11 is 0. The van der Waals surface area contributed by atoms with E-state index in [-0.39, 0.29) is 5.16 Å². The van der Waals surface area contributed by atoms with Crippen LogP contribution < -0.4 is 5.14 Å². The van der Waals surface area contributed by atoms with Crippen molar-refractivity contribution >= 4 is 10.0 Å². The van der Waals surface area contributed by atoms with E-state index in [9.17, 15) is 8.42 Å². The molecule has 8 heteroatoms. The lowest BCUT2D eigenvalue weighted by atomic mass is 9.87. The molecule has 1 heterocycles. The topological polar surface area (TPSA) is 100 Å². The minimum absolute atomic E-state index is 0.166. The van der Waals surface area contributed by atoms with E-state index in [1.165, 1.54) is 32.1 Å². The van der Waals surface area contributed by atoms with Crippen molar-refractivity contribution in [3.63, 3.8) is 0 Å². The van der Waals surface area contributed by atoms with Gasteiger partial charge in [0.15, 0.2) is 0 Å². The third-order valence-corrected chi connectivity index (χ3v) is 4.57. The molecule has 1 saturated carbocycles. The average molecular weight is 302 g/mol. The van der Waals surface area contributed by atoms with Crippen molar-refractivity contribution in [1.29, 1.82) is 0 Å². The largest absolute Gasteiger partial charge is 0.383 e. The van der Waals surface area contributed by atoms with E-state index in [1.807, 2.05) is 0 Å². The van der Waals surface area contributed by atoms with E-state index in [2.05, 4.69) is 10.2 Å². The van der Waals surface area contributed by atoms with Crippen LogP contribution in [0.1, 0.15) is 37.9 Å². The van der Waals surface area contributed by atoms with Crippen LogP contribution in [0.2, 0.25) is 0 Å². The van der Waals surface area contributed by atoms with Crippen molar-refractivity contribution in [1.82, 2.24) is 14.8 Å². The second kappa shape index (κ2) is 6.64. The van der Waals surface area contributed by atoms with Gasteiger partial charge in [-0.3, -0.25) is 4.57 Å². The predicted molar refractivity (Wildman–Crippen MR) is 73.6 cm³/mol. The van der Waals surface area contributed by atoms with Crippen LogP contribution in [-0.2, 0) is 27.7 Å². The normalized spacial score (nSPS) is 17.5. The van der Waals surface area contributed by atoms with E-state index < -0.39 is 10.0 Å². The second-order valence-electron chi connectivity index (χ2n) is 5.30. The molecule has 20 heavy (non-hydrogen) atoms. The number of rotatable bonds is 6. The highest BCUT2D eigenvalue weighted by Gasteiger charge is 2.23. The van der Waals surface area contributed by atoms with Crippen molar-refractivity contribution in [3.05, 3.63) is 5.82 Å². The predicted octanol–water partition coefficient (Wildman–Crippen LogP) is 0.695. The Hall–Kier alpha value is -0.990. The Labute approximate surface area is 119 Å². The van der Waals surface area contributed by atoms with Gasteiger partial charge in [-0.25, -0.2) is 13.6 Å². The van der Waals surface area contributed by atoms with Crippen LogP contribution in [0.5, 0.6) is 0 Å². The molecule has 0 aromatic carbocycles. The molecule has 2 N–H and O–H groups in total. The van der Waals surface area contributed by atoms with Crippen molar-refractivity contribution in [2.45, 2.75) is 50.2 Å². The van der Waals surface area contributed by atoms with Gasteiger partial charge in [-0.2, -0.15) is 0 Å². The maximum absolute atomic E-state index is 11.5.